The fraction of sp³-hybridized carbons (Fsp3) is 0.773. The predicted octanol–water partition coefficient (Wildman–Crippen LogP) is 5.67. The molecular formula is C44H69NO11. The molecule has 1 saturated carbocycles. The van der Waals surface area contributed by atoms with E-state index in [-0.39, 0.29) is 49.5 Å². The van der Waals surface area contributed by atoms with Gasteiger partial charge >= 0.3 is 5.97 Å². The summed E-state index contributed by atoms with van der Waals surface area (Å²) in [5.74, 6) is -7.33. The second-order valence-corrected chi connectivity index (χ2v) is 17.1. The molecule has 12 nitrogen and oxygen atoms in total. The number of aliphatic hydroxyl groups is 2. The van der Waals surface area contributed by atoms with Crippen LogP contribution < -0.4 is 0 Å². The second kappa shape index (κ2) is 20.8. The van der Waals surface area contributed by atoms with Crippen LogP contribution in [0, 0.1) is 29.6 Å². The highest BCUT2D eigenvalue weighted by Crippen LogP contribution is 2.39. The van der Waals surface area contributed by atoms with E-state index in [4.69, 9.17) is 23.7 Å². The van der Waals surface area contributed by atoms with Crippen molar-refractivity contribution in [2.45, 2.75) is 160 Å². The average Bonchev–Trinajstić information content (AvgIpc) is 3.18. The Hall–Kier alpha value is -2.74. The molecule has 3 heterocycles. The van der Waals surface area contributed by atoms with Crippen LogP contribution in [0.1, 0.15) is 112 Å². The molecule has 12 heteroatoms. The molecule has 316 valence electrons. The SMILES string of the molecule is C=CC[C@@H]1/C=C(\C)C[C@H](C)C[C@H](OC)[C@H]2O[C@@](O)(C(=O)C(=O)N3CCCC[C@H]3C(=O)O[C@H](/C(C)=C/[C@@H]3CCC[C@H](OC)C3)[C@H](C)[C@@H](O)CC1=O)[C@H](C)C[C@@H]2OC. The van der Waals surface area contributed by atoms with Gasteiger partial charge < -0.3 is 38.8 Å². The molecule has 2 saturated heterocycles. The van der Waals surface area contributed by atoms with Crippen molar-refractivity contribution < 1.29 is 53.1 Å². The topological polar surface area (TPSA) is 158 Å². The smallest absolute Gasteiger partial charge is 0.329 e. The van der Waals surface area contributed by atoms with Crippen LogP contribution in [0.15, 0.2) is 36.0 Å². The Morgan fingerprint density at radius 3 is 2.32 bits per heavy atom. The molecule has 1 amide bonds. The quantitative estimate of drug-likeness (QED) is 0.186. The molecule has 3 fully saturated rings. The van der Waals surface area contributed by atoms with Crippen LogP contribution in [-0.2, 0) is 42.9 Å². The summed E-state index contributed by atoms with van der Waals surface area (Å²) in [4.78, 5) is 57.8. The minimum Gasteiger partial charge on any atom is -0.456 e. The third kappa shape index (κ3) is 11.0. The minimum absolute atomic E-state index is 0.0254. The van der Waals surface area contributed by atoms with Gasteiger partial charge in [-0.15, -0.1) is 6.58 Å². The van der Waals surface area contributed by atoms with E-state index in [1.807, 2.05) is 19.9 Å². The molecule has 0 aromatic carbocycles. The molecule has 13 atom stereocenters. The lowest BCUT2D eigenvalue weighted by Gasteiger charge is -2.47. The number of fused-ring (bicyclic) bond motifs is 3. The van der Waals surface area contributed by atoms with Crippen molar-refractivity contribution >= 4 is 23.4 Å². The molecule has 56 heavy (non-hydrogen) atoms. The Morgan fingerprint density at radius 2 is 1.66 bits per heavy atom. The number of esters is 1. The van der Waals surface area contributed by atoms with Gasteiger partial charge in [0.2, 0.25) is 5.79 Å². The number of amides is 1. The number of carbonyl (C=O) groups is 4. The normalized spacial score (nSPS) is 40.1. The van der Waals surface area contributed by atoms with E-state index in [2.05, 4.69) is 19.6 Å². The lowest BCUT2D eigenvalue weighted by Crippen LogP contribution is -2.64. The third-order valence-electron chi connectivity index (χ3n) is 12.8. The van der Waals surface area contributed by atoms with E-state index >= 15 is 0 Å². The van der Waals surface area contributed by atoms with Gasteiger partial charge in [0, 0.05) is 52.0 Å². The van der Waals surface area contributed by atoms with Gasteiger partial charge in [-0.25, -0.2) is 4.79 Å². The van der Waals surface area contributed by atoms with Gasteiger partial charge in [-0.05, 0) is 95.5 Å². The number of hydrogen-bond donors (Lipinski definition) is 2. The van der Waals surface area contributed by atoms with Crippen LogP contribution in [-0.4, -0.2) is 115 Å². The maximum absolute atomic E-state index is 14.3. The van der Waals surface area contributed by atoms with Gasteiger partial charge in [0.1, 0.15) is 24.0 Å². The van der Waals surface area contributed by atoms with Crippen LogP contribution in [0.25, 0.3) is 0 Å². The number of carbonyl (C=O) groups excluding carboxylic acids is 4. The Kier molecular flexibility index (Phi) is 17.1. The van der Waals surface area contributed by atoms with E-state index in [0.717, 1.165) is 36.8 Å². The maximum Gasteiger partial charge on any atom is 0.329 e. The summed E-state index contributed by atoms with van der Waals surface area (Å²) in [6.07, 6.45) is 8.43. The number of cyclic esters (lactones) is 1. The van der Waals surface area contributed by atoms with Crippen LogP contribution >= 0.6 is 0 Å². The fourth-order valence-electron chi connectivity index (χ4n) is 9.42. The van der Waals surface area contributed by atoms with Gasteiger partial charge in [-0.3, -0.25) is 14.4 Å². The number of hydrogen-bond acceptors (Lipinski definition) is 11. The zero-order valence-corrected chi connectivity index (χ0v) is 35.1. The summed E-state index contributed by atoms with van der Waals surface area (Å²) >= 11 is 0. The Bertz CT molecular complexity index is 1440. The van der Waals surface area contributed by atoms with Crippen molar-refractivity contribution in [3.63, 3.8) is 0 Å². The molecule has 2 N–H and O–H groups in total. The monoisotopic (exact) mass is 787 g/mol. The van der Waals surface area contributed by atoms with Crippen molar-refractivity contribution in [3.8, 4) is 0 Å². The molecule has 4 rings (SSSR count). The summed E-state index contributed by atoms with van der Waals surface area (Å²) < 4.78 is 29.9. The van der Waals surface area contributed by atoms with Crippen LogP contribution in [0.2, 0.25) is 0 Å². The van der Waals surface area contributed by atoms with Crippen LogP contribution in [0.4, 0.5) is 0 Å². The Balaban J connectivity index is 1.78. The Labute approximate surface area is 334 Å². The van der Waals surface area contributed by atoms with Crippen molar-refractivity contribution in [1.82, 2.24) is 4.90 Å². The number of methoxy groups -OCH3 is 3. The number of rotatable bonds is 7. The molecule has 0 radical (unpaired) electrons. The fourth-order valence-corrected chi connectivity index (χ4v) is 9.42. The largest absolute Gasteiger partial charge is 0.456 e. The van der Waals surface area contributed by atoms with Gasteiger partial charge in [0.05, 0.1) is 24.4 Å². The van der Waals surface area contributed by atoms with Gasteiger partial charge in [0.15, 0.2) is 0 Å². The number of nitrogens with zero attached hydrogens (tertiary/aromatic N) is 1. The highest BCUT2D eigenvalue weighted by molar-refractivity contribution is 6.39. The lowest BCUT2D eigenvalue weighted by atomic mass is 9.82. The van der Waals surface area contributed by atoms with Crippen molar-refractivity contribution in [2.24, 2.45) is 29.6 Å². The van der Waals surface area contributed by atoms with E-state index in [1.165, 1.54) is 19.1 Å². The molecule has 1 aliphatic carbocycles. The third-order valence-corrected chi connectivity index (χ3v) is 12.8. The second-order valence-electron chi connectivity index (χ2n) is 17.1. The first-order chi connectivity index (χ1) is 26.6. The molecule has 0 unspecified atom stereocenters. The number of ketones is 2. The molecule has 3 aliphatic heterocycles. The van der Waals surface area contributed by atoms with Crippen LogP contribution in [0.3, 0.4) is 0 Å². The first kappa shape index (κ1) is 46.0. The van der Waals surface area contributed by atoms with E-state index < -0.39 is 77.8 Å². The van der Waals surface area contributed by atoms with Crippen molar-refractivity contribution in [3.05, 3.63) is 36.0 Å². The van der Waals surface area contributed by atoms with Gasteiger partial charge in [0.25, 0.3) is 11.7 Å². The molecule has 2 bridgehead atoms. The van der Waals surface area contributed by atoms with E-state index in [1.54, 1.807) is 27.0 Å². The molecule has 0 spiro atoms. The number of piperidine rings is 1. The van der Waals surface area contributed by atoms with Gasteiger partial charge in [-0.1, -0.05) is 51.0 Å². The van der Waals surface area contributed by atoms with Crippen molar-refractivity contribution in [2.75, 3.05) is 27.9 Å². The summed E-state index contributed by atoms with van der Waals surface area (Å²) in [6.45, 7) is 13.3. The molecular weight excluding hydrogens is 718 g/mol. The number of aliphatic hydroxyl groups excluding tert-OH is 1. The molecule has 0 aromatic rings. The summed E-state index contributed by atoms with van der Waals surface area (Å²) in [7, 11) is 4.78. The first-order valence-corrected chi connectivity index (χ1v) is 20.8. The molecule has 0 aromatic heterocycles. The number of Topliss-reactive ketones (excluding diaryl/α,β-unsaturated/α-hetero) is 2. The average molecular weight is 788 g/mol. The standard InChI is InChI=1S/C44H69NO11/c1-10-14-32-20-26(2)19-27(3)21-37(53-8)40-38(54-9)23-29(5)44(51,56-40)41(48)42(49)45-18-12-11-17-34(45)43(50)55-39(30(6)35(46)25-36(32)47)28(4)22-31-15-13-16-33(24-31)52-7/h10,20,22,27,29-35,37-40,46,51H,1,11-19,21,23-25H2,2-9H3/b26-20+,28-22+/t27-,29+,30+,31-,32+,33-,34-,35-,37-,38-,39+,40+,44+/m0/s1. The predicted molar refractivity (Wildman–Crippen MR) is 211 cm³/mol. The zero-order chi connectivity index (χ0) is 41.3. The summed E-state index contributed by atoms with van der Waals surface area (Å²) in [6, 6.07) is -1.11. The van der Waals surface area contributed by atoms with E-state index in [9.17, 15) is 29.4 Å². The highest BCUT2D eigenvalue weighted by Gasteiger charge is 2.56. The van der Waals surface area contributed by atoms with Crippen LogP contribution in [0.5, 0.6) is 0 Å². The lowest BCUT2D eigenvalue weighted by molar-refractivity contribution is -0.302. The van der Waals surface area contributed by atoms with E-state index in [0.29, 0.717) is 32.1 Å². The van der Waals surface area contributed by atoms with Crippen molar-refractivity contribution in [1.29, 1.82) is 0 Å². The first-order valence-electron chi connectivity index (χ1n) is 20.8. The Morgan fingerprint density at radius 1 is 0.964 bits per heavy atom. The minimum atomic E-state index is -2.49. The maximum atomic E-state index is 14.3. The van der Waals surface area contributed by atoms with Gasteiger partial charge in [-0.2, -0.15) is 0 Å². The number of allylic oxidation sites excluding steroid dienone is 4. The summed E-state index contributed by atoms with van der Waals surface area (Å²) in [5, 5.41) is 23.7. The zero-order valence-electron chi connectivity index (χ0n) is 35.1. The molecule has 4 aliphatic rings. The highest BCUT2D eigenvalue weighted by atomic mass is 16.7. The number of ether oxygens (including phenoxy) is 5. The summed E-state index contributed by atoms with van der Waals surface area (Å²) in [5.41, 5.74) is 1.71.